The van der Waals surface area contributed by atoms with Gasteiger partial charge in [0.2, 0.25) is 0 Å². The number of nitriles is 2. The molecule has 0 heterocycles. The van der Waals surface area contributed by atoms with Gasteiger partial charge in [-0.15, -0.1) is 0 Å². The predicted octanol–water partition coefficient (Wildman–Crippen LogP) is 4.06. The van der Waals surface area contributed by atoms with Gasteiger partial charge in [0, 0.05) is 11.7 Å². The summed E-state index contributed by atoms with van der Waals surface area (Å²) in [4.78, 5) is 0. The second-order valence-electron chi connectivity index (χ2n) is 5.93. The lowest BCUT2D eigenvalue weighted by Gasteiger charge is -2.35. The van der Waals surface area contributed by atoms with Crippen molar-refractivity contribution in [1.82, 2.24) is 0 Å². The van der Waals surface area contributed by atoms with Gasteiger partial charge in [0.1, 0.15) is 12.1 Å². The summed E-state index contributed by atoms with van der Waals surface area (Å²) >= 11 is 0. The molecule has 0 aliphatic heterocycles. The fraction of sp³-hybridized carbons (Fsp3) is 0.529. The molecule has 2 rings (SSSR count). The number of nitrogens with one attached hydrogen (secondary N) is 1. The monoisotopic (exact) mass is 267 g/mol. The molecular weight excluding hydrogens is 246 g/mol. The lowest BCUT2D eigenvalue weighted by molar-refractivity contribution is 0.254. The first kappa shape index (κ1) is 14.4. The second kappa shape index (κ2) is 6.44. The van der Waals surface area contributed by atoms with Gasteiger partial charge in [0.05, 0.1) is 11.1 Å². The molecule has 0 aromatic heterocycles. The van der Waals surface area contributed by atoms with Gasteiger partial charge in [-0.2, -0.15) is 10.5 Å². The van der Waals surface area contributed by atoms with Crippen LogP contribution in [-0.2, 0) is 0 Å². The third kappa shape index (κ3) is 3.11. The van der Waals surface area contributed by atoms with Gasteiger partial charge in [-0.3, -0.25) is 0 Å². The third-order valence-electron chi connectivity index (χ3n) is 4.29. The first-order valence-corrected chi connectivity index (χ1v) is 7.36. The van der Waals surface area contributed by atoms with Gasteiger partial charge >= 0.3 is 0 Å². The molecule has 0 saturated heterocycles. The van der Waals surface area contributed by atoms with Crippen molar-refractivity contribution in [3.05, 3.63) is 29.3 Å². The maximum Gasteiger partial charge on any atom is 0.101 e. The van der Waals surface area contributed by atoms with Crippen LogP contribution in [0.5, 0.6) is 0 Å². The van der Waals surface area contributed by atoms with E-state index >= 15 is 0 Å². The molecule has 3 heteroatoms. The SMILES string of the molecule is CC(C)C1CCCCC1Nc1ccc(C#N)c(C#N)c1. The van der Waals surface area contributed by atoms with Crippen molar-refractivity contribution in [2.45, 2.75) is 45.6 Å². The van der Waals surface area contributed by atoms with E-state index in [1.807, 2.05) is 6.07 Å². The Hall–Kier alpha value is -2.00. The van der Waals surface area contributed by atoms with Gasteiger partial charge < -0.3 is 5.32 Å². The topological polar surface area (TPSA) is 59.6 Å². The fourth-order valence-corrected chi connectivity index (χ4v) is 3.17. The van der Waals surface area contributed by atoms with Crippen LogP contribution in [0.2, 0.25) is 0 Å². The molecule has 1 N–H and O–H groups in total. The second-order valence-corrected chi connectivity index (χ2v) is 5.93. The minimum Gasteiger partial charge on any atom is -0.382 e. The maximum absolute atomic E-state index is 9.09. The van der Waals surface area contributed by atoms with Crippen LogP contribution in [0.3, 0.4) is 0 Å². The number of rotatable bonds is 3. The number of hydrogen-bond donors (Lipinski definition) is 1. The Morgan fingerprint density at radius 1 is 1.10 bits per heavy atom. The standard InChI is InChI=1S/C17H21N3/c1-12(2)16-5-3-4-6-17(16)20-15-8-7-13(10-18)14(9-15)11-19/h7-9,12,16-17,20H,3-6H2,1-2H3. The quantitative estimate of drug-likeness (QED) is 0.898. The number of benzene rings is 1. The summed E-state index contributed by atoms with van der Waals surface area (Å²) in [6.45, 7) is 4.56. The summed E-state index contributed by atoms with van der Waals surface area (Å²) in [7, 11) is 0. The molecule has 1 aromatic carbocycles. The Bertz CT molecular complexity index is 548. The third-order valence-corrected chi connectivity index (χ3v) is 4.29. The van der Waals surface area contributed by atoms with E-state index in [1.165, 1.54) is 25.7 Å². The van der Waals surface area contributed by atoms with E-state index in [1.54, 1.807) is 12.1 Å². The van der Waals surface area contributed by atoms with Crippen molar-refractivity contribution in [3.8, 4) is 12.1 Å². The molecule has 1 aliphatic carbocycles. The molecule has 2 unspecified atom stereocenters. The van der Waals surface area contributed by atoms with Crippen molar-refractivity contribution in [2.75, 3.05) is 5.32 Å². The highest BCUT2D eigenvalue weighted by atomic mass is 14.9. The Morgan fingerprint density at radius 3 is 2.45 bits per heavy atom. The molecule has 0 spiro atoms. The Morgan fingerprint density at radius 2 is 1.80 bits per heavy atom. The van der Waals surface area contributed by atoms with E-state index < -0.39 is 0 Å². The van der Waals surface area contributed by atoms with E-state index in [9.17, 15) is 0 Å². The van der Waals surface area contributed by atoms with Crippen LogP contribution in [0.1, 0.15) is 50.7 Å². The molecule has 3 nitrogen and oxygen atoms in total. The van der Waals surface area contributed by atoms with E-state index in [0.717, 1.165) is 5.69 Å². The molecular formula is C17H21N3. The summed E-state index contributed by atoms with van der Waals surface area (Å²) in [5.74, 6) is 1.35. The highest BCUT2D eigenvalue weighted by Gasteiger charge is 2.27. The first-order valence-electron chi connectivity index (χ1n) is 7.36. The van der Waals surface area contributed by atoms with Crippen LogP contribution < -0.4 is 5.32 Å². The predicted molar refractivity (Wildman–Crippen MR) is 80.1 cm³/mol. The fourth-order valence-electron chi connectivity index (χ4n) is 3.17. The molecule has 104 valence electrons. The number of hydrogen-bond acceptors (Lipinski definition) is 3. The average Bonchev–Trinajstić information content (AvgIpc) is 2.47. The van der Waals surface area contributed by atoms with Gasteiger partial charge in [0.25, 0.3) is 0 Å². The first-order chi connectivity index (χ1) is 9.65. The van der Waals surface area contributed by atoms with Crippen LogP contribution in [0.15, 0.2) is 18.2 Å². The number of anilines is 1. The van der Waals surface area contributed by atoms with Crippen molar-refractivity contribution < 1.29 is 0 Å². The molecule has 1 aliphatic rings. The molecule has 0 radical (unpaired) electrons. The van der Waals surface area contributed by atoms with Gasteiger partial charge in [-0.25, -0.2) is 0 Å². The van der Waals surface area contributed by atoms with Gasteiger partial charge in [0.15, 0.2) is 0 Å². The summed E-state index contributed by atoms with van der Waals surface area (Å²) in [5.41, 5.74) is 1.86. The summed E-state index contributed by atoms with van der Waals surface area (Å²) < 4.78 is 0. The number of nitrogens with zero attached hydrogens (tertiary/aromatic N) is 2. The zero-order valence-corrected chi connectivity index (χ0v) is 12.2. The zero-order valence-electron chi connectivity index (χ0n) is 12.2. The van der Waals surface area contributed by atoms with Gasteiger partial charge in [-0.1, -0.05) is 26.7 Å². The van der Waals surface area contributed by atoms with Crippen molar-refractivity contribution >= 4 is 5.69 Å². The molecule has 1 saturated carbocycles. The van der Waals surface area contributed by atoms with E-state index in [-0.39, 0.29) is 0 Å². The molecule has 0 bridgehead atoms. The molecule has 1 aromatic rings. The maximum atomic E-state index is 9.09. The average molecular weight is 267 g/mol. The van der Waals surface area contributed by atoms with Crippen molar-refractivity contribution in [2.24, 2.45) is 11.8 Å². The largest absolute Gasteiger partial charge is 0.382 e. The Kier molecular flexibility index (Phi) is 4.64. The summed E-state index contributed by atoms with van der Waals surface area (Å²) in [5, 5.41) is 21.6. The molecule has 1 fully saturated rings. The van der Waals surface area contributed by atoms with Gasteiger partial charge in [-0.05, 0) is 42.9 Å². The highest BCUT2D eigenvalue weighted by Crippen LogP contribution is 2.32. The Labute approximate surface area is 121 Å². The van der Waals surface area contributed by atoms with Crippen LogP contribution in [-0.4, -0.2) is 6.04 Å². The van der Waals surface area contributed by atoms with Crippen LogP contribution in [0, 0.1) is 34.5 Å². The normalized spacial score (nSPS) is 22.1. The smallest absolute Gasteiger partial charge is 0.101 e. The lowest BCUT2D eigenvalue weighted by atomic mass is 9.77. The van der Waals surface area contributed by atoms with Crippen LogP contribution >= 0.6 is 0 Å². The van der Waals surface area contributed by atoms with E-state index in [4.69, 9.17) is 10.5 Å². The van der Waals surface area contributed by atoms with Crippen LogP contribution in [0.25, 0.3) is 0 Å². The summed E-state index contributed by atoms with van der Waals surface area (Å²) in [6, 6.07) is 10.1. The molecule has 0 amide bonds. The van der Waals surface area contributed by atoms with Crippen LogP contribution in [0.4, 0.5) is 5.69 Å². The minimum atomic E-state index is 0.446. The lowest BCUT2D eigenvalue weighted by Crippen LogP contribution is -2.35. The molecule has 20 heavy (non-hydrogen) atoms. The van der Waals surface area contributed by atoms with Crippen molar-refractivity contribution in [1.29, 1.82) is 10.5 Å². The Balaban J connectivity index is 2.17. The van der Waals surface area contributed by atoms with Crippen molar-refractivity contribution in [3.63, 3.8) is 0 Å². The minimum absolute atomic E-state index is 0.446. The summed E-state index contributed by atoms with van der Waals surface area (Å²) in [6.07, 6.45) is 5.04. The van der Waals surface area contributed by atoms with E-state index in [0.29, 0.717) is 29.0 Å². The highest BCUT2D eigenvalue weighted by molar-refractivity contribution is 5.56. The van der Waals surface area contributed by atoms with E-state index in [2.05, 4.69) is 31.3 Å². The molecule has 2 atom stereocenters. The zero-order chi connectivity index (χ0) is 14.5.